The van der Waals surface area contributed by atoms with E-state index in [0.29, 0.717) is 25.0 Å². The van der Waals surface area contributed by atoms with E-state index in [1.54, 1.807) is 0 Å². The number of benzene rings is 2. The van der Waals surface area contributed by atoms with Gasteiger partial charge >= 0.3 is 0 Å². The van der Waals surface area contributed by atoms with Gasteiger partial charge in [0, 0.05) is 11.1 Å². The van der Waals surface area contributed by atoms with E-state index in [-0.39, 0.29) is 12.1 Å². The summed E-state index contributed by atoms with van der Waals surface area (Å²) in [5.74, 6) is 2.72. The van der Waals surface area contributed by atoms with E-state index in [0.717, 1.165) is 35.8 Å². The van der Waals surface area contributed by atoms with E-state index in [2.05, 4.69) is 77.9 Å². The molecule has 0 unspecified atom stereocenters. The maximum atomic E-state index is 6.12. The summed E-state index contributed by atoms with van der Waals surface area (Å²) in [5, 5.41) is 0. The lowest BCUT2D eigenvalue weighted by molar-refractivity contribution is 0.301. The van der Waals surface area contributed by atoms with Crippen LogP contribution in [0.15, 0.2) is 46.4 Å². The molecule has 0 amide bonds. The standard InChI is InChI=1S/C28H36N2O2/c1-17(2)13-21-15-31-27(29-21)23-11-7-9-19(5)25(23)26-20(6)10-8-12-24(26)28-30-22(16-32-28)14-18(3)4/h7-12,17-18,21-22H,13-16H2,1-6H3/t21-,22-/m0/s1. The molecule has 4 rings (SSSR count). The quantitative estimate of drug-likeness (QED) is 0.511. The van der Waals surface area contributed by atoms with Crippen molar-refractivity contribution in [3.63, 3.8) is 0 Å². The van der Waals surface area contributed by atoms with Crippen molar-refractivity contribution >= 4 is 11.8 Å². The lowest BCUT2D eigenvalue weighted by Gasteiger charge is -2.18. The topological polar surface area (TPSA) is 43.2 Å². The average Bonchev–Trinajstić information content (AvgIpc) is 3.37. The number of aliphatic imine (C=N–C) groups is 2. The lowest BCUT2D eigenvalue weighted by atomic mass is 9.88. The summed E-state index contributed by atoms with van der Waals surface area (Å²) >= 11 is 0. The largest absolute Gasteiger partial charge is 0.475 e. The molecule has 0 spiro atoms. The highest BCUT2D eigenvalue weighted by molar-refractivity contribution is 6.08. The third kappa shape index (κ3) is 4.74. The van der Waals surface area contributed by atoms with E-state index in [1.807, 2.05) is 0 Å². The van der Waals surface area contributed by atoms with Crippen molar-refractivity contribution in [2.45, 2.75) is 66.5 Å². The highest BCUT2D eigenvalue weighted by Crippen LogP contribution is 2.36. The molecule has 2 atom stereocenters. The van der Waals surface area contributed by atoms with Crippen LogP contribution in [0.4, 0.5) is 0 Å². The van der Waals surface area contributed by atoms with Gasteiger partial charge in [0.25, 0.3) is 0 Å². The Labute approximate surface area is 192 Å². The van der Waals surface area contributed by atoms with Gasteiger partial charge in [-0.15, -0.1) is 0 Å². The lowest BCUT2D eigenvalue weighted by Crippen LogP contribution is -2.10. The van der Waals surface area contributed by atoms with Crippen LogP contribution in [0.3, 0.4) is 0 Å². The second kappa shape index (κ2) is 9.48. The summed E-state index contributed by atoms with van der Waals surface area (Å²) in [4.78, 5) is 9.92. The first-order chi connectivity index (χ1) is 15.3. The first kappa shape index (κ1) is 22.6. The van der Waals surface area contributed by atoms with Gasteiger partial charge in [0.15, 0.2) is 0 Å². The maximum Gasteiger partial charge on any atom is 0.217 e. The highest BCUT2D eigenvalue weighted by atomic mass is 16.5. The normalized spacial score (nSPS) is 20.4. The molecule has 0 N–H and O–H groups in total. The smallest absolute Gasteiger partial charge is 0.217 e. The van der Waals surface area contributed by atoms with Gasteiger partial charge in [-0.1, -0.05) is 52.0 Å². The van der Waals surface area contributed by atoms with Gasteiger partial charge in [-0.2, -0.15) is 0 Å². The van der Waals surface area contributed by atoms with Gasteiger partial charge in [0.1, 0.15) is 13.2 Å². The van der Waals surface area contributed by atoms with Crippen LogP contribution in [-0.4, -0.2) is 37.1 Å². The van der Waals surface area contributed by atoms with E-state index < -0.39 is 0 Å². The second-order valence-electron chi connectivity index (χ2n) is 10.1. The van der Waals surface area contributed by atoms with Crippen molar-refractivity contribution in [3.8, 4) is 11.1 Å². The monoisotopic (exact) mass is 432 g/mol. The Bertz CT molecular complexity index is 952. The number of hydrogen-bond donors (Lipinski definition) is 0. The fourth-order valence-corrected chi connectivity index (χ4v) is 4.81. The van der Waals surface area contributed by atoms with Crippen LogP contribution in [0.2, 0.25) is 0 Å². The zero-order chi connectivity index (χ0) is 22.8. The Morgan fingerprint density at radius 3 is 1.50 bits per heavy atom. The first-order valence-corrected chi connectivity index (χ1v) is 11.9. The van der Waals surface area contributed by atoms with Gasteiger partial charge < -0.3 is 9.47 Å². The summed E-state index contributed by atoms with van der Waals surface area (Å²) in [5.41, 5.74) is 6.86. The minimum absolute atomic E-state index is 0.231. The van der Waals surface area contributed by atoms with Crippen molar-refractivity contribution in [2.75, 3.05) is 13.2 Å². The molecule has 2 heterocycles. The average molecular weight is 433 g/mol. The summed E-state index contributed by atoms with van der Waals surface area (Å²) in [6.07, 6.45) is 2.09. The SMILES string of the molecule is Cc1cccc(C2=N[C@@H](CC(C)C)CO2)c1-c1c(C)cccc1C1=N[C@@H](CC(C)C)CO1. The maximum absolute atomic E-state index is 6.12. The van der Waals surface area contributed by atoms with Crippen LogP contribution in [0.5, 0.6) is 0 Å². The fourth-order valence-electron chi connectivity index (χ4n) is 4.81. The number of hydrogen-bond acceptors (Lipinski definition) is 4. The number of aryl methyl sites for hydroxylation is 2. The molecule has 2 aromatic carbocycles. The minimum atomic E-state index is 0.231. The Morgan fingerprint density at radius 1 is 0.719 bits per heavy atom. The highest BCUT2D eigenvalue weighted by Gasteiger charge is 2.28. The third-order valence-electron chi connectivity index (χ3n) is 6.17. The van der Waals surface area contributed by atoms with Crippen molar-refractivity contribution in [1.82, 2.24) is 0 Å². The van der Waals surface area contributed by atoms with Gasteiger partial charge in [-0.3, -0.25) is 0 Å². The molecular weight excluding hydrogens is 396 g/mol. The summed E-state index contributed by atoms with van der Waals surface area (Å²) in [7, 11) is 0. The molecule has 4 heteroatoms. The van der Waals surface area contributed by atoms with Crippen molar-refractivity contribution in [3.05, 3.63) is 58.7 Å². The summed E-state index contributed by atoms with van der Waals surface area (Å²) < 4.78 is 12.2. The van der Waals surface area contributed by atoms with Crippen LogP contribution >= 0.6 is 0 Å². The molecule has 2 aliphatic rings. The molecule has 0 aliphatic carbocycles. The number of nitrogens with zero attached hydrogens (tertiary/aromatic N) is 2. The second-order valence-corrected chi connectivity index (χ2v) is 10.1. The molecule has 0 aromatic heterocycles. The molecule has 0 saturated carbocycles. The molecule has 2 aliphatic heterocycles. The molecule has 32 heavy (non-hydrogen) atoms. The van der Waals surface area contributed by atoms with Gasteiger partial charge in [-0.05, 0) is 72.9 Å². The van der Waals surface area contributed by atoms with Crippen LogP contribution in [0.1, 0.15) is 62.8 Å². The molecule has 2 aromatic rings. The number of ether oxygens (including phenoxy) is 2. The van der Waals surface area contributed by atoms with Gasteiger partial charge in [0.2, 0.25) is 11.8 Å². The molecular formula is C28H36N2O2. The van der Waals surface area contributed by atoms with Crippen molar-refractivity contribution in [2.24, 2.45) is 21.8 Å². The van der Waals surface area contributed by atoms with Crippen LogP contribution in [0.25, 0.3) is 11.1 Å². The first-order valence-electron chi connectivity index (χ1n) is 11.9. The van der Waals surface area contributed by atoms with Crippen molar-refractivity contribution in [1.29, 1.82) is 0 Å². The predicted molar refractivity (Wildman–Crippen MR) is 133 cm³/mol. The van der Waals surface area contributed by atoms with Gasteiger partial charge in [0.05, 0.1) is 12.1 Å². The Kier molecular flexibility index (Phi) is 6.68. The fraction of sp³-hybridized carbons (Fsp3) is 0.500. The minimum Gasteiger partial charge on any atom is -0.475 e. The third-order valence-corrected chi connectivity index (χ3v) is 6.17. The Hall–Kier alpha value is -2.62. The van der Waals surface area contributed by atoms with Crippen LogP contribution in [0, 0.1) is 25.7 Å². The Balaban J connectivity index is 1.79. The van der Waals surface area contributed by atoms with Crippen LogP contribution < -0.4 is 0 Å². The molecule has 0 bridgehead atoms. The van der Waals surface area contributed by atoms with E-state index in [9.17, 15) is 0 Å². The zero-order valence-corrected chi connectivity index (χ0v) is 20.3. The molecule has 4 nitrogen and oxygen atoms in total. The van der Waals surface area contributed by atoms with E-state index in [1.165, 1.54) is 22.3 Å². The van der Waals surface area contributed by atoms with E-state index in [4.69, 9.17) is 19.5 Å². The molecule has 170 valence electrons. The number of rotatable bonds is 7. The summed E-state index contributed by atoms with van der Waals surface area (Å²) in [6, 6.07) is 13.2. The van der Waals surface area contributed by atoms with E-state index >= 15 is 0 Å². The van der Waals surface area contributed by atoms with Gasteiger partial charge in [-0.25, -0.2) is 9.98 Å². The molecule has 0 saturated heterocycles. The van der Waals surface area contributed by atoms with Crippen LogP contribution in [-0.2, 0) is 9.47 Å². The summed E-state index contributed by atoms with van der Waals surface area (Å²) in [6.45, 7) is 14.6. The molecule has 0 fully saturated rings. The van der Waals surface area contributed by atoms with Crippen molar-refractivity contribution < 1.29 is 9.47 Å². The zero-order valence-electron chi connectivity index (χ0n) is 20.3. The molecule has 0 radical (unpaired) electrons. The Morgan fingerprint density at radius 2 is 1.12 bits per heavy atom. The predicted octanol–water partition coefficient (Wildman–Crippen LogP) is 6.35.